The highest BCUT2D eigenvalue weighted by atomic mass is 19.4. The van der Waals surface area contributed by atoms with Crippen molar-refractivity contribution in [3.05, 3.63) is 59.5 Å². The summed E-state index contributed by atoms with van der Waals surface area (Å²) in [5.41, 5.74) is 5.36. The molecule has 0 bridgehead atoms. The van der Waals surface area contributed by atoms with Crippen LogP contribution >= 0.6 is 0 Å². The largest absolute Gasteiger partial charge is 0.416 e. The van der Waals surface area contributed by atoms with E-state index in [2.05, 4.69) is 16.8 Å². The van der Waals surface area contributed by atoms with E-state index in [1.165, 1.54) is 22.4 Å². The van der Waals surface area contributed by atoms with E-state index >= 15 is 0 Å². The molecule has 0 aliphatic heterocycles. The zero-order valence-electron chi connectivity index (χ0n) is 17.1. The molecule has 0 saturated carbocycles. The van der Waals surface area contributed by atoms with Crippen LogP contribution in [0, 0.1) is 11.8 Å². The summed E-state index contributed by atoms with van der Waals surface area (Å²) in [7, 11) is 1.53. The molecule has 1 unspecified atom stereocenters. The lowest BCUT2D eigenvalue weighted by Gasteiger charge is -2.15. The van der Waals surface area contributed by atoms with E-state index in [0.29, 0.717) is 17.7 Å². The maximum atomic E-state index is 13.2. The summed E-state index contributed by atoms with van der Waals surface area (Å²) < 4.78 is 40.8. The van der Waals surface area contributed by atoms with Crippen molar-refractivity contribution in [2.45, 2.75) is 19.2 Å². The van der Waals surface area contributed by atoms with Crippen LogP contribution in [0.1, 0.15) is 28.7 Å². The van der Waals surface area contributed by atoms with Crippen LogP contribution in [0.25, 0.3) is 16.8 Å². The zero-order valence-corrected chi connectivity index (χ0v) is 17.1. The molecule has 32 heavy (non-hydrogen) atoms. The Morgan fingerprint density at radius 1 is 1.28 bits per heavy atom. The van der Waals surface area contributed by atoms with Crippen molar-refractivity contribution in [3.8, 4) is 23.1 Å². The van der Waals surface area contributed by atoms with Gasteiger partial charge in [0.05, 0.1) is 16.8 Å². The predicted octanol–water partition coefficient (Wildman–Crippen LogP) is 2.31. The molecule has 2 amide bonds. The van der Waals surface area contributed by atoms with Gasteiger partial charge < -0.3 is 15.7 Å². The van der Waals surface area contributed by atoms with Crippen molar-refractivity contribution in [2.75, 3.05) is 13.6 Å². The highest BCUT2D eigenvalue weighted by Crippen LogP contribution is 2.33. The molecule has 0 spiro atoms. The normalized spacial score (nSPS) is 12.2. The molecule has 1 aromatic carbocycles. The first-order valence-electron chi connectivity index (χ1n) is 9.47. The lowest BCUT2D eigenvalue weighted by molar-refractivity contribution is -0.137. The molecular formula is C22H19F3N4O3. The van der Waals surface area contributed by atoms with Crippen LogP contribution in [0.5, 0.6) is 0 Å². The predicted molar refractivity (Wildman–Crippen MR) is 110 cm³/mol. The molecule has 0 radical (unpaired) electrons. The molecular weight excluding hydrogens is 425 g/mol. The van der Waals surface area contributed by atoms with Crippen molar-refractivity contribution in [3.63, 3.8) is 0 Å². The molecule has 10 heteroatoms. The number of benzene rings is 1. The number of hydrogen-bond donors (Lipinski definition) is 2. The van der Waals surface area contributed by atoms with Crippen molar-refractivity contribution in [1.29, 1.82) is 0 Å². The van der Waals surface area contributed by atoms with Crippen LogP contribution in [-0.4, -0.2) is 50.9 Å². The van der Waals surface area contributed by atoms with Gasteiger partial charge in [-0.2, -0.15) is 13.2 Å². The van der Waals surface area contributed by atoms with Gasteiger partial charge in [-0.3, -0.25) is 14.0 Å². The minimum Gasteiger partial charge on any atom is -0.372 e. The van der Waals surface area contributed by atoms with Gasteiger partial charge in [-0.05, 0) is 31.2 Å². The van der Waals surface area contributed by atoms with Crippen molar-refractivity contribution >= 4 is 17.3 Å². The third kappa shape index (κ3) is 4.58. The number of carbonyl (C=O) groups is 2. The van der Waals surface area contributed by atoms with Crippen LogP contribution < -0.4 is 5.73 Å². The molecule has 0 fully saturated rings. The van der Waals surface area contributed by atoms with E-state index in [9.17, 15) is 27.9 Å². The summed E-state index contributed by atoms with van der Waals surface area (Å²) in [6.45, 7) is 2.16. The Labute approximate surface area is 181 Å². The van der Waals surface area contributed by atoms with Crippen LogP contribution in [0.2, 0.25) is 0 Å². The van der Waals surface area contributed by atoms with Crippen molar-refractivity contribution in [2.24, 2.45) is 5.73 Å². The number of nitrogens with zero attached hydrogens (tertiary/aromatic N) is 3. The summed E-state index contributed by atoms with van der Waals surface area (Å²) >= 11 is 0. The van der Waals surface area contributed by atoms with Gasteiger partial charge >= 0.3 is 6.18 Å². The Balaban J connectivity index is 2.07. The molecule has 1 atom stereocenters. The number of hydrogen-bond acceptors (Lipinski definition) is 4. The summed E-state index contributed by atoms with van der Waals surface area (Å²) in [5.74, 6) is 3.45. The Hall–Kier alpha value is -3.84. The molecule has 2 aromatic heterocycles. The zero-order chi connectivity index (χ0) is 23.6. The monoisotopic (exact) mass is 444 g/mol. The number of imidazole rings is 1. The molecule has 7 nitrogen and oxygen atoms in total. The Morgan fingerprint density at radius 2 is 2.00 bits per heavy atom. The van der Waals surface area contributed by atoms with Crippen LogP contribution in [0.3, 0.4) is 0 Å². The first-order valence-corrected chi connectivity index (χ1v) is 9.47. The number of nitrogens with two attached hydrogens (primary N) is 1. The molecule has 166 valence electrons. The van der Waals surface area contributed by atoms with E-state index in [1.807, 2.05) is 0 Å². The minimum absolute atomic E-state index is 0.0403. The smallest absolute Gasteiger partial charge is 0.372 e. The quantitative estimate of drug-likeness (QED) is 0.603. The number of amides is 2. The number of carbonyl (C=O) groups excluding carboxylic acids is 2. The molecule has 0 aliphatic rings. The number of likely N-dealkylation sites (N-methyl/N-ethyl adjacent to an activating group) is 1. The summed E-state index contributed by atoms with van der Waals surface area (Å²) in [6, 6.07) is 8.03. The fraction of sp³-hybridized carbons (Fsp3) is 0.227. The second-order valence-corrected chi connectivity index (χ2v) is 6.92. The second kappa shape index (κ2) is 8.72. The van der Waals surface area contributed by atoms with Gasteiger partial charge in [0, 0.05) is 30.9 Å². The molecule has 3 rings (SSSR count). The number of aromatic nitrogens is 2. The van der Waals surface area contributed by atoms with E-state index in [0.717, 1.165) is 18.3 Å². The highest BCUT2D eigenvalue weighted by Gasteiger charge is 2.31. The van der Waals surface area contributed by atoms with E-state index < -0.39 is 29.7 Å². The fourth-order valence-electron chi connectivity index (χ4n) is 2.97. The third-order valence-electron chi connectivity index (χ3n) is 4.76. The molecule has 3 aromatic rings. The first-order chi connectivity index (χ1) is 15.0. The first kappa shape index (κ1) is 22.8. The topological polar surface area (TPSA) is 101 Å². The van der Waals surface area contributed by atoms with Gasteiger partial charge in [-0.1, -0.05) is 24.0 Å². The van der Waals surface area contributed by atoms with Gasteiger partial charge in [0.1, 0.15) is 0 Å². The summed E-state index contributed by atoms with van der Waals surface area (Å²) in [6.07, 6.45) is -5.02. The molecule has 0 saturated heterocycles. The van der Waals surface area contributed by atoms with Gasteiger partial charge in [-0.25, -0.2) is 4.98 Å². The number of aliphatic hydroxyl groups is 1. The average molecular weight is 444 g/mol. The Morgan fingerprint density at radius 3 is 2.62 bits per heavy atom. The number of aliphatic hydroxyl groups excluding tert-OH is 1. The number of fused-ring (bicyclic) bond motifs is 1. The minimum atomic E-state index is -4.59. The Bertz CT molecular complexity index is 1250. The summed E-state index contributed by atoms with van der Waals surface area (Å²) in [5, 5.41) is 9.94. The standard InChI is InChI=1S/C22H19F3N4O3/c1-3-28(2)21(32)17(30)8-7-13-5-4-6-14(11-13)18-16-12-15(22(23,24)25)9-10-29(16)20(27-18)19(26)31/h4-6,9-12,17,30H,3H2,1-2H3,(H2,26,31). The number of halogens is 3. The van der Waals surface area contributed by atoms with Gasteiger partial charge in [-0.15, -0.1) is 0 Å². The number of rotatable bonds is 4. The maximum Gasteiger partial charge on any atom is 0.416 e. The summed E-state index contributed by atoms with van der Waals surface area (Å²) in [4.78, 5) is 29.2. The number of pyridine rings is 1. The van der Waals surface area contributed by atoms with Gasteiger partial charge in [0.25, 0.3) is 11.8 Å². The highest BCUT2D eigenvalue weighted by molar-refractivity contribution is 5.93. The fourth-order valence-corrected chi connectivity index (χ4v) is 2.97. The lowest BCUT2D eigenvalue weighted by atomic mass is 10.1. The van der Waals surface area contributed by atoms with Crippen LogP contribution in [-0.2, 0) is 11.0 Å². The molecule has 3 N–H and O–H groups in total. The van der Waals surface area contributed by atoms with Crippen LogP contribution in [0.15, 0.2) is 42.6 Å². The van der Waals surface area contributed by atoms with Crippen molar-refractivity contribution < 1.29 is 27.9 Å². The lowest BCUT2D eigenvalue weighted by Crippen LogP contribution is -2.35. The SMILES string of the molecule is CCN(C)C(=O)C(O)C#Cc1cccc(-c2nc(C(N)=O)n3ccc(C(F)(F)F)cc23)c1. The van der Waals surface area contributed by atoms with E-state index in [1.54, 1.807) is 25.1 Å². The average Bonchev–Trinajstić information content (AvgIpc) is 3.15. The maximum absolute atomic E-state index is 13.2. The van der Waals surface area contributed by atoms with Crippen LogP contribution in [0.4, 0.5) is 13.2 Å². The number of alkyl halides is 3. The van der Waals surface area contributed by atoms with E-state index in [4.69, 9.17) is 5.73 Å². The molecule has 0 aliphatic carbocycles. The van der Waals surface area contributed by atoms with Gasteiger partial charge in [0.15, 0.2) is 6.10 Å². The second-order valence-electron chi connectivity index (χ2n) is 6.92. The van der Waals surface area contributed by atoms with E-state index in [-0.39, 0.29) is 17.0 Å². The van der Waals surface area contributed by atoms with Crippen molar-refractivity contribution in [1.82, 2.24) is 14.3 Å². The third-order valence-corrected chi connectivity index (χ3v) is 4.76. The number of primary amides is 1. The Kier molecular flexibility index (Phi) is 6.23. The van der Waals surface area contributed by atoms with Gasteiger partial charge in [0.2, 0.25) is 5.82 Å². The molecule has 2 heterocycles.